The van der Waals surface area contributed by atoms with Gasteiger partial charge in [0.1, 0.15) is 0 Å². The first kappa shape index (κ1) is 7.93. The van der Waals surface area contributed by atoms with Crippen molar-refractivity contribution in [1.29, 1.82) is 0 Å². The highest BCUT2D eigenvalue weighted by Gasteiger charge is 1.76. The smallest absolute Gasteiger partial charge is 0.110 e. The van der Waals surface area contributed by atoms with Crippen LogP contribution < -0.4 is 4.67 Å². The second kappa shape index (κ2) is 6.93. The number of allylic oxidation sites excluding steroid dienone is 2. The van der Waals surface area contributed by atoms with Crippen molar-refractivity contribution in [3.63, 3.8) is 0 Å². The minimum absolute atomic E-state index is 0.841. The molecule has 9 heavy (non-hydrogen) atoms. The molecule has 0 spiro atoms. The molecule has 0 aliphatic carbocycles. The van der Waals surface area contributed by atoms with E-state index in [0.29, 0.717) is 0 Å². The summed E-state index contributed by atoms with van der Waals surface area (Å²) in [6, 6.07) is 0. The third-order valence-corrected chi connectivity index (χ3v) is 0.755. The van der Waals surface area contributed by atoms with Gasteiger partial charge >= 0.3 is 0 Å². The number of nitrogens with zero attached hydrogens (tertiary/aromatic N) is 1. The van der Waals surface area contributed by atoms with Gasteiger partial charge in [-0.3, -0.25) is 0 Å². The van der Waals surface area contributed by atoms with Crippen LogP contribution in [0.25, 0.3) is 0 Å². The van der Waals surface area contributed by atoms with Crippen molar-refractivity contribution in [2.45, 2.75) is 12.8 Å². The zero-order valence-electron chi connectivity index (χ0n) is 5.59. The largest absolute Gasteiger partial charge is 0.272 e. The van der Waals surface area contributed by atoms with Crippen LogP contribution in [0.2, 0.25) is 0 Å². The van der Waals surface area contributed by atoms with E-state index in [9.17, 15) is 0 Å². The molecule has 0 heterocycles. The molecule has 0 aromatic carbocycles. The van der Waals surface area contributed by atoms with E-state index in [0.717, 1.165) is 12.8 Å². The normalized spacial score (nSPS) is 7.11. The Labute approximate surface area is 56.2 Å². The van der Waals surface area contributed by atoms with Gasteiger partial charge in [0.15, 0.2) is 0 Å². The van der Waals surface area contributed by atoms with Crippen molar-refractivity contribution in [3.05, 3.63) is 25.3 Å². The fourth-order valence-electron chi connectivity index (χ4n) is 0.345. The Hall–Kier alpha value is -1.07. The van der Waals surface area contributed by atoms with Crippen molar-refractivity contribution in [2.24, 2.45) is 0 Å². The van der Waals surface area contributed by atoms with Gasteiger partial charge in [-0.15, -0.1) is 17.8 Å². The lowest BCUT2D eigenvalue weighted by Crippen LogP contribution is -1.79. The highest BCUT2D eigenvalue weighted by Crippen LogP contribution is 1.67. The second-order valence-corrected chi connectivity index (χ2v) is 1.56. The molecule has 0 aliphatic rings. The van der Waals surface area contributed by atoms with Gasteiger partial charge in [-0.2, -0.15) is 0 Å². The first-order valence-corrected chi connectivity index (χ1v) is 2.97. The van der Waals surface area contributed by atoms with E-state index in [2.05, 4.69) is 17.8 Å². The monoisotopic (exact) mass is 122 g/mol. The molecule has 0 N–H and O–H groups in total. The summed E-state index contributed by atoms with van der Waals surface area (Å²) in [6.45, 7) is 7.11. The SMILES string of the molecule is C=CCC=[N+]=CCC=C. The number of rotatable bonds is 4. The summed E-state index contributed by atoms with van der Waals surface area (Å²) in [4.78, 5) is 0. The zero-order valence-corrected chi connectivity index (χ0v) is 5.59. The fraction of sp³-hybridized carbons (Fsp3) is 0.250. The topological polar surface area (TPSA) is 14.1 Å². The average molecular weight is 122 g/mol. The third-order valence-electron chi connectivity index (χ3n) is 0.755. The van der Waals surface area contributed by atoms with Crippen molar-refractivity contribution in [2.75, 3.05) is 0 Å². The van der Waals surface area contributed by atoms with E-state index < -0.39 is 0 Å². The van der Waals surface area contributed by atoms with Crippen molar-refractivity contribution in [3.8, 4) is 0 Å². The molecule has 0 fully saturated rings. The molecule has 0 aliphatic heterocycles. The molecule has 0 unspecified atom stereocenters. The van der Waals surface area contributed by atoms with E-state index in [-0.39, 0.29) is 0 Å². The Morgan fingerprint density at radius 1 is 1.00 bits per heavy atom. The van der Waals surface area contributed by atoms with Gasteiger partial charge < -0.3 is 0 Å². The second-order valence-electron chi connectivity index (χ2n) is 1.56. The first-order valence-electron chi connectivity index (χ1n) is 2.97. The Bertz CT molecular complexity index is 125. The van der Waals surface area contributed by atoms with Crippen molar-refractivity contribution >= 4 is 12.4 Å². The summed E-state index contributed by atoms with van der Waals surface area (Å²) in [5.74, 6) is 0. The van der Waals surface area contributed by atoms with Crippen LogP contribution in [0.5, 0.6) is 0 Å². The van der Waals surface area contributed by atoms with Crippen molar-refractivity contribution in [1.82, 2.24) is 4.67 Å². The molecular weight excluding hydrogens is 110 g/mol. The maximum atomic E-state index is 3.96. The van der Waals surface area contributed by atoms with Gasteiger partial charge in [-0.05, 0) is 0 Å². The number of hydrogen-bond donors (Lipinski definition) is 0. The molecule has 48 valence electrons. The van der Waals surface area contributed by atoms with E-state index in [1.54, 1.807) is 0 Å². The van der Waals surface area contributed by atoms with Gasteiger partial charge in [0.25, 0.3) is 12.4 Å². The minimum Gasteiger partial charge on any atom is -0.110 e. The van der Waals surface area contributed by atoms with Crippen LogP contribution in [0.15, 0.2) is 25.3 Å². The highest BCUT2D eigenvalue weighted by atomic mass is 14.5. The molecule has 0 saturated carbocycles. The molecule has 1 nitrogen and oxygen atoms in total. The lowest BCUT2D eigenvalue weighted by Gasteiger charge is -1.60. The summed E-state index contributed by atoms with van der Waals surface area (Å²) in [6.07, 6.45) is 8.94. The first-order chi connectivity index (χ1) is 4.41. The summed E-state index contributed by atoms with van der Waals surface area (Å²) in [5, 5.41) is 0. The lowest BCUT2D eigenvalue weighted by molar-refractivity contribution is 1.46. The fourth-order valence-corrected chi connectivity index (χ4v) is 0.345. The van der Waals surface area contributed by atoms with Crippen LogP contribution in [0.1, 0.15) is 12.8 Å². The van der Waals surface area contributed by atoms with Crippen LogP contribution in [0, 0.1) is 0 Å². The molecule has 0 radical (unpaired) electrons. The van der Waals surface area contributed by atoms with Crippen LogP contribution in [0.3, 0.4) is 0 Å². The summed E-state index contributed by atoms with van der Waals surface area (Å²) in [5.41, 5.74) is 0. The van der Waals surface area contributed by atoms with Crippen LogP contribution >= 0.6 is 0 Å². The maximum Gasteiger partial charge on any atom is 0.272 e. The van der Waals surface area contributed by atoms with E-state index in [1.807, 2.05) is 24.6 Å². The molecule has 0 saturated heterocycles. The van der Waals surface area contributed by atoms with Crippen molar-refractivity contribution < 1.29 is 0 Å². The molecule has 0 amide bonds. The molecule has 0 bridgehead atoms. The Kier molecular flexibility index (Phi) is 6.11. The minimum atomic E-state index is 0.841. The summed E-state index contributed by atoms with van der Waals surface area (Å²) < 4.78 is 3.96. The Morgan fingerprint density at radius 3 is 1.78 bits per heavy atom. The van der Waals surface area contributed by atoms with E-state index >= 15 is 0 Å². The quantitative estimate of drug-likeness (QED) is 0.303. The molecule has 0 aromatic heterocycles. The molecule has 0 aromatic rings. The standard InChI is InChI=1S/C8H12N/c1-3-5-7-9-8-6-4-2/h3-4,7-8H,1-2,5-6H2/q+1. The van der Waals surface area contributed by atoms with Gasteiger partial charge in [-0.25, -0.2) is 0 Å². The van der Waals surface area contributed by atoms with Gasteiger partial charge in [0, 0.05) is 0 Å². The third kappa shape index (κ3) is 6.93. The van der Waals surface area contributed by atoms with E-state index in [1.165, 1.54) is 0 Å². The molecular formula is C8H12N+. The van der Waals surface area contributed by atoms with E-state index in [4.69, 9.17) is 0 Å². The predicted molar refractivity (Wildman–Crippen MR) is 43.9 cm³/mol. The van der Waals surface area contributed by atoms with Crippen LogP contribution in [-0.2, 0) is 0 Å². The maximum absolute atomic E-state index is 3.96. The molecule has 1 heteroatoms. The summed E-state index contributed by atoms with van der Waals surface area (Å²) >= 11 is 0. The molecule has 0 atom stereocenters. The van der Waals surface area contributed by atoms with Gasteiger partial charge in [-0.1, -0.05) is 12.2 Å². The Balaban J connectivity index is 3.40. The lowest BCUT2D eigenvalue weighted by atomic mass is 10.4. The summed E-state index contributed by atoms with van der Waals surface area (Å²) in [7, 11) is 0. The zero-order chi connectivity index (χ0) is 6.95. The van der Waals surface area contributed by atoms with Crippen LogP contribution in [0.4, 0.5) is 0 Å². The van der Waals surface area contributed by atoms with Gasteiger partial charge in [0.05, 0.1) is 12.8 Å². The average Bonchev–Trinajstić information content (AvgIpc) is 1.89. The highest BCUT2D eigenvalue weighted by molar-refractivity contribution is 5.67. The predicted octanol–water partition coefficient (Wildman–Crippen LogP) is 1.35. The molecule has 0 rings (SSSR count). The number of hydrogen-bond acceptors (Lipinski definition) is 0. The Morgan fingerprint density at radius 2 is 1.44 bits per heavy atom. The van der Waals surface area contributed by atoms with Crippen LogP contribution in [-0.4, -0.2) is 12.4 Å². The van der Waals surface area contributed by atoms with Gasteiger partial charge in [0.2, 0.25) is 0 Å².